The number of carbonyl (C=O) groups is 8. The lowest BCUT2D eigenvalue weighted by atomic mass is 9.39. The van der Waals surface area contributed by atoms with Crippen LogP contribution in [0.4, 0.5) is 21.4 Å². The van der Waals surface area contributed by atoms with E-state index in [2.05, 4.69) is 34.8 Å². The van der Waals surface area contributed by atoms with Gasteiger partial charge in [0.25, 0.3) is 17.7 Å². The van der Waals surface area contributed by atoms with Gasteiger partial charge in [0.2, 0.25) is 18.1 Å². The summed E-state index contributed by atoms with van der Waals surface area (Å²) in [6.45, 7) is 8.40. The van der Waals surface area contributed by atoms with Crippen LogP contribution in [0.15, 0.2) is 91.1 Å². The molecule has 0 spiro atoms. The third-order valence-electron chi connectivity index (χ3n) is 19.7. The van der Waals surface area contributed by atoms with E-state index in [1.807, 2.05) is 59.0 Å². The van der Waals surface area contributed by atoms with Crippen LogP contribution in [-0.2, 0) is 64.3 Å². The lowest BCUT2D eigenvalue weighted by Gasteiger charge is -2.69. The number of para-hydroxylation sites is 1. The Bertz CT molecular complexity index is 4080. The number of amides is 6. The molecule has 6 heterocycles. The van der Waals surface area contributed by atoms with Gasteiger partial charge in [0.05, 0.1) is 34.3 Å². The predicted molar refractivity (Wildman–Crippen MR) is 356 cm³/mol. The Morgan fingerprint density at radius 3 is 2.32 bits per heavy atom. The third kappa shape index (κ3) is 14.8. The van der Waals surface area contributed by atoms with E-state index < -0.39 is 60.2 Å². The van der Waals surface area contributed by atoms with Crippen molar-refractivity contribution in [2.45, 2.75) is 154 Å². The number of anilines is 3. The number of imide groups is 1. The number of hydrogen-bond donors (Lipinski definition) is 8. The van der Waals surface area contributed by atoms with Gasteiger partial charge in [0.15, 0.2) is 16.9 Å². The molecule has 28 heteroatoms. The van der Waals surface area contributed by atoms with Gasteiger partial charge in [-0.1, -0.05) is 61.9 Å². The summed E-state index contributed by atoms with van der Waals surface area (Å²) in [5.74, 6) is -4.42. The number of thiazole rings is 1. The number of aliphatic hydroxyl groups is 3. The Balaban J connectivity index is 0.662. The maximum Gasteiger partial charge on any atom is 0.409 e. The number of ether oxygens (including phenoxy) is 4. The van der Waals surface area contributed by atoms with Crippen molar-refractivity contribution in [3.05, 3.63) is 125 Å². The first-order valence-electron chi connectivity index (χ1n) is 32.9. The number of likely N-dealkylation sites (N-methyl/N-ethyl adjacent to an activating group) is 1. The van der Waals surface area contributed by atoms with E-state index in [0.29, 0.717) is 78.5 Å². The molecule has 0 radical (unpaired) electrons. The van der Waals surface area contributed by atoms with Gasteiger partial charge in [-0.05, 0) is 140 Å². The van der Waals surface area contributed by atoms with E-state index in [-0.39, 0.29) is 103 Å². The maximum atomic E-state index is 13.8. The van der Waals surface area contributed by atoms with Crippen molar-refractivity contribution in [1.29, 1.82) is 0 Å². The summed E-state index contributed by atoms with van der Waals surface area (Å²) in [6, 6.07) is 21.3. The summed E-state index contributed by atoms with van der Waals surface area (Å²) >= 11 is 1.40. The molecule has 7 atom stereocenters. The number of aliphatic hydroxyl groups excluding tert-OH is 3. The first-order valence-corrected chi connectivity index (χ1v) is 33.7. The molecule has 3 aliphatic heterocycles. The summed E-state index contributed by atoms with van der Waals surface area (Å²) in [6.07, 6.45) is 1.27. The van der Waals surface area contributed by atoms with E-state index in [9.17, 15) is 63.9 Å². The topological polar surface area (TPSA) is 364 Å². The normalized spacial score (nSPS) is 25.3. The zero-order valence-electron chi connectivity index (χ0n) is 54.9. The molecule has 1 saturated heterocycles. The molecule has 6 aromatic rings. The number of aromatic carboxylic acids is 1. The fourth-order valence-corrected chi connectivity index (χ4v) is 17.2. The van der Waals surface area contributed by atoms with E-state index >= 15 is 0 Å². The van der Waals surface area contributed by atoms with Crippen molar-refractivity contribution < 1.29 is 82.8 Å². The van der Waals surface area contributed by atoms with Crippen LogP contribution in [0.3, 0.4) is 0 Å². The molecule has 3 aromatic heterocycles. The van der Waals surface area contributed by atoms with E-state index in [0.717, 1.165) is 70.5 Å². The van der Waals surface area contributed by atoms with Crippen molar-refractivity contribution in [1.82, 2.24) is 34.9 Å². The molecular weight excluding hydrogens is 1280 g/mol. The molecule has 13 rings (SSSR count). The molecule has 27 nitrogen and oxygen atoms in total. The molecule has 2 unspecified atom stereocenters. The van der Waals surface area contributed by atoms with Gasteiger partial charge < -0.3 is 64.9 Å². The Labute approximate surface area is 568 Å². The number of aromatic nitrogens is 4. The highest BCUT2D eigenvalue weighted by Gasteiger charge is 2.66. The Morgan fingerprint density at radius 2 is 1.57 bits per heavy atom. The number of aliphatic carboxylic acids is 1. The van der Waals surface area contributed by atoms with Gasteiger partial charge in [0.1, 0.15) is 36.5 Å². The lowest BCUT2D eigenvalue weighted by Crippen LogP contribution is -2.64. The highest BCUT2D eigenvalue weighted by molar-refractivity contribution is 7.22. The Kier molecular flexibility index (Phi) is 19.6. The number of fused-ring (bicyclic) bond motifs is 2. The average Bonchev–Trinajstić information content (AvgIpc) is 0.760. The highest BCUT2D eigenvalue weighted by atomic mass is 32.1. The van der Waals surface area contributed by atoms with Gasteiger partial charge in [-0.25, -0.2) is 24.4 Å². The lowest BCUT2D eigenvalue weighted by molar-refractivity contribution is -0.271. The maximum absolute atomic E-state index is 13.8. The number of carbonyl (C=O) groups excluding carboxylic acids is 6. The van der Waals surface area contributed by atoms with Crippen molar-refractivity contribution in [2.24, 2.45) is 16.2 Å². The fraction of sp³-hybridized carbons (Fsp3) is 0.471. The number of benzene rings is 3. The zero-order chi connectivity index (χ0) is 69.4. The number of rotatable bonds is 26. The van der Waals surface area contributed by atoms with Crippen LogP contribution in [0.25, 0.3) is 21.3 Å². The molecule has 4 aliphatic carbocycles. The highest BCUT2D eigenvalue weighted by Crippen LogP contribution is 2.72. The van der Waals surface area contributed by atoms with Crippen molar-refractivity contribution in [3.63, 3.8) is 0 Å². The van der Waals surface area contributed by atoms with Crippen LogP contribution in [0.5, 0.6) is 5.75 Å². The number of carboxylic acid groups (broad SMARTS) is 2. The van der Waals surface area contributed by atoms with Crippen LogP contribution in [0.2, 0.25) is 0 Å². The minimum absolute atomic E-state index is 0.0261. The molecule has 4 bridgehead atoms. The summed E-state index contributed by atoms with van der Waals surface area (Å²) in [7, 11) is 1.59. The van der Waals surface area contributed by atoms with Crippen LogP contribution in [0, 0.1) is 23.2 Å². The Hall–Kier alpha value is -9.19. The van der Waals surface area contributed by atoms with E-state index in [1.54, 1.807) is 25.4 Å². The molecule has 6 amide bonds. The van der Waals surface area contributed by atoms with Gasteiger partial charge >= 0.3 is 18.0 Å². The van der Waals surface area contributed by atoms with Gasteiger partial charge in [-0.15, -0.1) is 0 Å². The first-order chi connectivity index (χ1) is 46.8. The van der Waals surface area contributed by atoms with Gasteiger partial charge in [-0.2, -0.15) is 5.10 Å². The number of hydrogen-bond acceptors (Lipinski definition) is 20. The van der Waals surface area contributed by atoms with Gasteiger partial charge in [-0.3, -0.25) is 38.9 Å². The molecule has 518 valence electrons. The summed E-state index contributed by atoms with van der Waals surface area (Å²) < 4.78 is 26.9. The Morgan fingerprint density at radius 1 is 0.806 bits per heavy atom. The van der Waals surface area contributed by atoms with Crippen molar-refractivity contribution in [3.8, 4) is 16.9 Å². The van der Waals surface area contributed by atoms with E-state index in [1.165, 1.54) is 46.6 Å². The molecule has 7 aliphatic rings. The largest absolute Gasteiger partial charge is 0.479 e. The summed E-state index contributed by atoms with van der Waals surface area (Å²) in [4.78, 5) is 116. The number of unbranched alkanes of at least 4 members (excludes halogenated alkanes) is 2. The number of carboxylic acids is 2. The minimum Gasteiger partial charge on any atom is -0.479 e. The molecule has 8 N–H and O–H groups in total. The second-order valence-electron chi connectivity index (χ2n) is 27.7. The number of nitrogens with one attached hydrogen (secondary N) is 3. The van der Waals surface area contributed by atoms with Crippen LogP contribution >= 0.6 is 11.3 Å². The quantitative estimate of drug-likeness (QED) is 0.0200. The molecule has 98 heavy (non-hydrogen) atoms. The molecule has 3 aromatic carbocycles. The monoisotopic (exact) mass is 1360 g/mol. The predicted octanol–water partition coefficient (Wildman–Crippen LogP) is 6.98. The second-order valence-corrected chi connectivity index (χ2v) is 28.8. The molecule has 4 saturated carbocycles. The summed E-state index contributed by atoms with van der Waals surface area (Å²) in [5.41, 5.74) is 4.56. The summed E-state index contributed by atoms with van der Waals surface area (Å²) in [5, 5.41) is 65.7. The molecule has 5 fully saturated rings. The smallest absolute Gasteiger partial charge is 0.409 e. The number of nitrogens with zero attached hydrogens (tertiary/aromatic N) is 7. The second kappa shape index (κ2) is 28.0. The van der Waals surface area contributed by atoms with Crippen molar-refractivity contribution >= 4 is 85.8 Å². The molecular formula is C70H80N10O17S. The first kappa shape index (κ1) is 68.7. The van der Waals surface area contributed by atoms with Gasteiger partial charge in [0, 0.05) is 93.7 Å². The average molecular weight is 1370 g/mol. The van der Waals surface area contributed by atoms with Crippen LogP contribution in [-0.4, -0.2) is 179 Å². The van der Waals surface area contributed by atoms with Crippen molar-refractivity contribution in [2.75, 3.05) is 55.4 Å². The number of pyridine rings is 1. The van der Waals surface area contributed by atoms with Crippen LogP contribution < -0.4 is 25.6 Å². The minimum atomic E-state index is -1.99. The standard InChI is InChI=1S/C70H80N10O17S/c1-40-45(43-17-19-51(75-56(43)62(89)90)78-26-23-42-11-10-12-44(46(42)31-78)61(88)76-65-74-47-13-7-8-14-50(47)98-65)30-72-80(40)39-69-34-67(2)33-68(3,35-69)37-70(36-67,38-69)95-28-27-77(4)66(93)94-32-41-16-18-49(96-64-59(87)57(85)58(86)60(97-64)63(91)92)48(29-41)73-53(82)22-24-71-52(81)15-6-5-9-25-79-54(83)20-21-55(79)84/h7-8,10-14,16-21,29-30,57-60,64,85-87H,5-6,9,15,22-28,31-39H2,1-4H3,(H,71,81)(H,73,82)(H,89,90)(H,91,92)(H,74,76,88)/t57-,58-,59+,60-,64+,67?,68?,69?,70?/m0/s1. The fourth-order valence-electron chi connectivity index (χ4n) is 16.3. The van der Waals surface area contributed by atoms with E-state index in [4.69, 9.17) is 29.0 Å². The van der Waals surface area contributed by atoms with Crippen LogP contribution in [0.1, 0.15) is 128 Å². The SMILES string of the molecule is Cc1c(-c2ccc(N3CCc4cccc(C(=O)Nc5nc6ccccc6s5)c4C3)nc2C(=O)O)cnn1CC12CC3(C)CC(C)(C1)CC(OCCN(C)C(=O)OCc1ccc(O[C@@H]4O[C@H](C(=O)O)[C@@H](O)[C@H](O)[C@H]4O)c(NC(=O)CCNC(=O)CCCCCN4C(=O)C=CC4=O)c1)(C3)C2. The third-order valence-corrected chi connectivity index (χ3v) is 20.7. The zero-order valence-corrected chi connectivity index (χ0v) is 55.7.